The Bertz CT molecular complexity index is 670. The van der Waals surface area contributed by atoms with Crippen molar-refractivity contribution in [1.82, 2.24) is 0 Å². The summed E-state index contributed by atoms with van der Waals surface area (Å²) in [6.45, 7) is 1.34. The zero-order valence-corrected chi connectivity index (χ0v) is 10.9. The van der Waals surface area contributed by atoms with Crippen LogP contribution < -0.4 is 4.90 Å². The number of benzene rings is 2. The summed E-state index contributed by atoms with van der Waals surface area (Å²) in [6, 6.07) is 16.9. The summed E-state index contributed by atoms with van der Waals surface area (Å²) in [5.41, 5.74) is 1.35. The molecule has 2 aromatic carbocycles. The van der Waals surface area contributed by atoms with Gasteiger partial charge in [0.05, 0.1) is 17.3 Å². The second kappa shape index (κ2) is 5.81. The molecule has 0 heterocycles. The van der Waals surface area contributed by atoms with Crippen molar-refractivity contribution in [2.75, 3.05) is 4.90 Å². The number of rotatable bonds is 2. The lowest BCUT2D eigenvalue weighted by molar-refractivity contribution is -0.115. The zero-order valence-electron chi connectivity index (χ0n) is 10.9. The van der Waals surface area contributed by atoms with Gasteiger partial charge in [-0.15, -0.1) is 0 Å². The molecule has 0 saturated carbocycles. The summed E-state index contributed by atoms with van der Waals surface area (Å²) in [7, 11) is 0. The van der Waals surface area contributed by atoms with E-state index >= 15 is 0 Å². The molecule has 2 amide bonds. The quantitative estimate of drug-likeness (QED) is 0.837. The number of imide groups is 1. The Hall–Kier alpha value is -2.93. The molecule has 98 valence electrons. The first kappa shape index (κ1) is 13.5. The van der Waals surface area contributed by atoms with E-state index < -0.39 is 5.91 Å². The van der Waals surface area contributed by atoms with Gasteiger partial charge < -0.3 is 0 Å². The van der Waals surface area contributed by atoms with Crippen molar-refractivity contribution in [3.8, 4) is 6.07 Å². The number of nitriles is 1. The topological polar surface area (TPSA) is 61.2 Å². The van der Waals surface area contributed by atoms with Crippen molar-refractivity contribution in [3.05, 3.63) is 65.7 Å². The molecule has 0 aliphatic heterocycles. The van der Waals surface area contributed by atoms with Crippen LogP contribution in [0.1, 0.15) is 22.8 Å². The molecule has 0 bridgehead atoms. The minimum Gasteiger partial charge on any atom is -0.274 e. The molecule has 0 atom stereocenters. The van der Waals surface area contributed by atoms with E-state index in [9.17, 15) is 9.59 Å². The van der Waals surface area contributed by atoms with Crippen molar-refractivity contribution < 1.29 is 9.59 Å². The molecular weight excluding hydrogens is 252 g/mol. The van der Waals surface area contributed by atoms with E-state index in [1.807, 2.05) is 12.1 Å². The van der Waals surface area contributed by atoms with Gasteiger partial charge in [0.1, 0.15) is 0 Å². The Kier molecular flexibility index (Phi) is 3.92. The second-order valence-electron chi connectivity index (χ2n) is 4.18. The standard InChI is InChI=1S/C16H12N2O2/c1-12(19)18(15-5-3-2-4-6-15)16(20)14-9-7-13(11-17)8-10-14/h2-10H,1H3. The molecule has 0 aliphatic carbocycles. The third-order valence-corrected chi connectivity index (χ3v) is 2.79. The van der Waals surface area contributed by atoms with Crippen LogP contribution in [0.5, 0.6) is 0 Å². The average molecular weight is 264 g/mol. The number of nitrogens with zero attached hydrogens (tertiary/aromatic N) is 2. The van der Waals surface area contributed by atoms with E-state index in [-0.39, 0.29) is 5.91 Å². The van der Waals surface area contributed by atoms with Crippen LogP contribution in [0.3, 0.4) is 0 Å². The molecule has 0 saturated heterocycles. The highest BCUT2D eigenvalue weighted by Crippen LogP contribution is 2.17. The lowest BCUT2D eigenvalue weighted by Gasteiger charge is -2.19. The van der Waals surface area contributed by atoms with Crippen LogP contribution in [0.4, 0.5) is 5.69 Å². The number of hydrogen-bond donors (Lipinski definition) is 0. The maximum Gasteiger partial charge on any atom is 0.265 e. The summed E-state index contributed by atoms with van der Waals surface area (Å²) in [5.74, 6) is -0.765. The highest BCUT2D eigenvalue weighted by molar-refractivity contribution is 6.20. The van der Waals surface area contributed by atoms with Gasteiger partial charge in [0.25, 0.3) is 5.91 Å². The Morgan fingerprint density at radius 1 is 1.00 bits per heavy atom. The van der Waals surface area contributed by atoms with Gasteiger partial charge in [-0.05, 0) is 36.4 Å². The van der Waals surface area contributed by atoms with Gasteiger partial charge >= 0.3 is 0 Å². The van der Waals surface area contributed by atoms with Crippen LogP contribution in [0.25, 0.3) is 0 Å². The predicted molar refractivity (Wildman–Crippen MR) is 75.1 cm³/mol. The predicted octanol–water partition coefficient (Wildman–Crippen LogP) is 2.75. The molecule has 0 fully saturated rings. The monoisotopic (exact) mass is 264 g/mol. The second-order valence-corrected chi connectivity index (χ2v) is 4.18. The van der Waals surface area contributed by atoms with Crippen LogP contribution in [0, 0.1) is 11.3 Å². The van der Waals surface area contributed by atoms with E-state index in [1.165, 1.54) is 6.92 Å². The van der Waals surface area contributed by atoms with Crippen molar-refractivity contribution in [2.45, 2.75) is 6.92 Å². The van der Waals surface area contributed by atoms with Gasteiger partial charge in [-0.25, -0.2) is 4.90 Å². The molecule has 0 spiro atoms. The third kappa shape index (κ3) is 2.73. The van der Waals surface area contributed by atoms with Gasteiger partial charge in [-0.3, -0.25) is 9.59 Å². The summed E-state index contributed by atoms with van der Waals surface area (Å²) < 4.78 is 0. The van der Waals surface area contributed by atoms with E-state index in [2.05, 4.69) is 0 Å². The highest BCUT2D eigenvalue weighted by Gasteiger charge is 2.21. The van der Waals surface area contributed by atoms with Crippen molar-refractivity contribution >= 4 is 17.5 Å². The van der Waals surface area contributed by atoms with Gasteiger partial charge in [-0.1, -0.05) is 18.2 Å². The minimum absolute atomic E-state index is 0.356. The van der Waals surface area contributed by atoms with Gasteiger partial charge in [0, 0.05) is 12.5 Å². The molecule has 2 aromatic rings. The van der Waals surface area contributed by atoms with Crippen molar-refractivity contribution in [3.63, 3.8) is 0 Å². The lowest BCUT2D eigenvalue weighted by Crippen LogP contribution is -2.35. The number of carbonyl (C=O) groups is 2. The van der Waals surface area contributed by atoms with Crippen LogP contribution >= 0.6 is 0 Å². The first-order chi connectivity index (χ1) is 9.63. The summed E-state index contributed by atoms with van der Waals surface area (Å²) in [6.07, 6.45) is 0. The third-order valence-electron chi connectivity index (χ3n) is 2.79. The maximum absolute atomic E-state index is 12.4. The van der Waals surface area contributed by atoms with Crippen LogP contribution in [-0.4, -0.2) is 11.8 Å². The molecular formula is C16H12N2O2. The SMILES string of the molecule is CC(=O)N(C(=O)c1ccc(C#N)cc1)c1ccccc1. The van der Waals surface area contributed by atoms with Crippen molar-refractivity contribution in [1.29, 1.82) is 5.26 Å². The van der Waals surface area contributed by atoms with E-state index in [0.29, 0.717) is 16.8 Å². The Morgan fingerprint density at radius 2 is 1.60 bits per heavy atom. The summed E-state index contributed by atoms with van der Waals surface area (Å²) >= 11 is 0. The molecule has 2 rings (SSSR count). The number of amides is 2. The van der Waals surface area contributed by atoms with Crippen LogP contribution in [-0.2, 0) is 4.79 Å². The van der Waals surface area contributed by atoms with Crippen molar-refractivity contribution in [2.24, 2.45) is 0 Å². The molecule has 20 heavy (non-hydrogen) atoms. The summed E-state index contributed by atoms with van der Waals surface area (Å²) in [4.78, 5) is 25.3. The van der Waals surface area contributed by atoms with Crippen LogP contribution in [0.15, 0.2) is 54.6 Å². The number of hydrogen-bond acceptors (Lipinski definition) is 3. The molecule has 0 N–H and O–H groups in total. The van der Waals surface area contributed by atoms with E-state index in [1.54, 1.807) is 48.5 Å². The molecule has 0 radical (unpaired) electrons. The average Bonchev–Trinajstić information content (AvgIpc) is 2.48. The van der Waals surface area contributed by atoms with Crippen LogP contribution in [0.2, 0.25) is 0 Å². The van der Waals surface area contributed by atoms with Gasteiger partial charge in [0.2, 0.25) is 5.91 Å². The number of carbonyl (C=O) groups excluding carboxylic acids is 2. The Morgan fingerprint density at radius 3 is 2.10 bits per heavy atom. The fourth-order valence-corrected chi connectivity index (χ4v) is 1.84. The minimum atomic E-state index is -0.409. The molecule has 0 unspecified atom stereocenters. The zero-order chi connectivity index (χ0) is 14.5. The molecule has 4 nitrogen and oxygen atoms in total. The highest BCUT2D eigenvalue weighted by atomic mass is 16.2. The normalized spacial score (nSPS) is 9.60. The number of anilines is 1. The lowest BCUT2D eigenvalue weighted by atomic mass is 10.1. The molecule has 0 aliphatic rings. The fraction of sp³-hybridized carbons (Fsp3) is 0.0625. The molecule has 4 heteroatoms. The maximum atomic E-state index is 12.4. The van der Waals surface area contributed by atoms with Gasteiger partial charge in [0.15, 0.2) is 0 Å². The van der Waals surface area contributed by atoms with E-state index in [4.69, 9.17) is 5.26 Å². The Labute approximate surface area is 116 Å². The fourth-order valence-electron chi connectivity index (χ4n) is 1.84. The Balaban J connectivity index is 2.37. The first-order valence-electron chi connectivity index (χ1n) is 6.03. The molecule has 0 aromatic heterocycles. The number of para-hydroxylation sites is 1. The first-order valence-corrected chi connectivity index (χ1v) is 6.03. The summed E-state index contributed by atoms with van der Waals surface area (Å²) in [5, 5.41) is 8.74. The van der Waals surface area contributed by atoms with E-state index in [0.717, 1.165) is 4.90 Å². The largest absolute Gasteiger partial charge is 0.274 e. The van der Waals surface area contributed by atoms with Gasteiger partial charge in [-0.2, -0.15) is 5.26 Å². The smallest absolute Gasteiger partial charge is 0.265 e.